The number of carboxylic acid groups (broad SMARTS) is 1. The van der Waals surface area contributed by atoms with Crippen LogP contribution in [0.25, 0.3) is 11.3 Å². The van der Waals surface area contributed by atoms with Crippen LogP contribution in [0.3, 0.4) is 0 Å². The van der Waals surface area contributed by atoms with Gasteiger partial charge in [0.15, 0.2) is 0 Å². The van der Waals surface area contributed by atoms with E-state index in [2.05, 4.69) is 15.6 Å². The van der Waals surface area contributed by atoms with Crippen molar-refractivity contribution in [1.29, 1.82) is 0 Å². The van der Waals surface area contributed by atoms with Gasteiger partial charge in [-0.3, -0.25) is 9.78 Å². The summed E-state index contributed by atoms with van der Waals surface area (Å²) in [6.07, 6.45) is 3.97. The lowest BCUT2D eigenvalue weighted by atomic mass is 10.1. The van der Waals surface area contributed by atoms with Crippen LogP contribution in [0.4, 0.5) is 5.82 Å². The molecule has 0 bridgehead atoms. The number of aromatic carboxylic acids is 1. The largest absolute Gasteiger partial charge is 0.478 e. The number of anilines is 1. The fourth-order valence-electron chi connectivity index (χ4n) is 3.51. The lowest BCUT2D eigenvalue weighted by Crippen LogP contribution is -2.24. The molecular formula is C27H24N4O3. The topological polar surface area (TPSA) is 104 Å². The first kappa shape index (κ1) is 22.7. The molecule has 0 aliphatic carbocycles. The molecule has 0 saturated carbocycles. The number of carbonyl (C=O) groups excluding carboxylic acids is 1. The van der Waals surface area contributed by atoms with Crippen molar-refractivity contribution in [2.45, 2.75) is 13.0 Å². The van der Waals surface area contributed by atoms with Crippen LogP contribution < -0.4 is 10.6 Å². The average molecular weight is 453 g/mol. The summed E-state index contributed by atoms with van der Waals surface area (Å²) >= 11 is 0. The van der Waals surface area contributed by atoms with Crippen LogP contribution in [0, 0.1) is 0 Å². The van der Waals surface area contributed by atoms with Crippen molar-refractivity contribution in [2.75, 3.05) is 11.9 Å². The number of carbonyl (C=O) groups is 2. The summed E-state index contributed by atoms with van der Waals surface area (Å²) in [6.45, 7) is 0.839. The maximum Gasteiger partial charge on any atom is 0.335 e. The molecule has 2 aromatic carbocycles. The summed E-state index contributed by atoms with van der Waals surface area (Å²) in [4.78, 5) is 33.0. The molecule has 170 valence electrons. The fourth-order valence-corrected chi connectivity index (χ4v) is 3.51. The highest BCUT2D eigenvalue weighted by Crippen LogP contribution is 2.22. The lowest BCUT2D eigenvalue weighted by Gasteiger charge is -2.14. The second kappa shape index (κ2) is 10.9. The summed E-state index contributed by atoms with van der Waals surface area (Å²) in [6, 6.07) is 23.9. The van der Waals surface area contributed by atoms with E-state index in [1.165, 1.54) is 0 Å². The molecule has 34 heavy (non-hydrogen) atoms. The first-order valence-electron chi connectivity index (χ1n) is 10.9. The van der Waals surface area contributed by atoms with E-state index in [9.17, 15) is 14.7 Å². The van der Waals surface area contributed by atoms with Crippen LogP contribution in [0.2, 0.25) is 0 Å². The standard InChI is InChI=1S/C27H24N4O3/c32-26(30-18-20-7-5-14-28-17-20)23-11-12-24(21-8-2-1-3-9-21)31-25(23)29-15-13-19-6-4-10-22(16-19)27(33)34/h1-12,14,16-17H,13,15,18H2,(H,29,31)(H,30,32)(H,33,34). The number of nitrogens with one attached hydrogen (secondary N) is 2. The molecule has 0 aliphatic rings. The second-order valence-electron chi connectivity index (χ2n) is 7.68. The van der Waals surface area contributed by atoms with Gasteiger partial charge >= 0.3 is 5.97 Å². The van der Waals surface area contributed by atoms with Gasteiger partial charge in [0.05, 0.1) is 16.8 Å². The number of hydrogen-bond donors (Lipinski definition) is 3. The first-order chi connectivity index (χ1) is 16.6. The fraction of sp³-hybridized carbons (Fsp3) is 0.111. The van der Waals surface area contributed by atoms with Gasteiger partial charge in [0.25, 0.3) is 5.91 Å². The average Bonchev–Trinajstić information content (AvgIpc) is 2.88. The Morgan fingerprint density at radius 3 is 2.47 bits per heavy atom. The minimum absolute atomic E-state index is 0.244. The highest BCUT2D eigenvalue weighted by Gasteiger charge is 2.14. The molecule has 4 aromatic rings. The van der Waals surface area contributed by atoms with E-state index in [0.717, 1.165) is 22.4 Å². The van der Waals surface area contributed by atoms with Gasteiger partial charge in [0.2, 0.25) is 0 Å². The minimum atomic E-state index is -0.959. The Balaban J connectivity index is 1.52. The Morgan fingerprint density at radius 2 is 1.71 bits per heavy atom. The van der Waals surface area contributed by atoms with Gasteiger partial charge < -0.3 is 15.7 Å². The van der Waals surface area contributed by atoms with Crippen molar-refractivity contribution in [3.8, 4) is 11.3 Å². The van der Waals surface area contributed by atoms with E-state index >= 15 is 0 Å². The number of hydrogen-bond acceptors (Lipinski definition) is 5. The Bertz CT molecular complexity index is 1280. The van der Waals surface area contributed by atoms with Gasteiger partial charge in [-0.15, -0.1) is 0 Å². The zero-order chi connectivity index (χ0) is 23.8. The summed E-state index contributed by atoms with van der Waals surface area (Å²) in [5, 5.41) is 15.4. The number of aromatic nitrogens is 2. The molecule has 0 fully saturated rings. The highest BCUT2D eigenvalue weighted by molar-refractivity contribution is 5.99. The van der Waals surface area contributed by atoms with E-state index in [4.69, 9.17) is 4.98 Å². The number of pyridine rings is 2. The van der Waals surface area contributed by atoms with E-state index in [0.29, 0.717) is 30.9 Å². The third kappa shape index (κ3) is 5.83. The molecule has 0 atom stereocenters. The van der Waals surface area contributed by atoms with Gasteiger partial charge in [-0.2, -0.15) is 0 Å². The van der Waals surface area contributed by atoms with E-state index in [1.807, 2.05) is 54.6 Å². The zero-order valence-electron chi connectivity index (χ0n) is 18.4. The van der Waals surface area contributed by atoms with Crippen molar-refractivity contribution < 1.29 is 14.7 Å². The van der Waals surface area contributed by atoms with E-state index in [1.54, 1.807) is 36.7 Å². The maximum atomic E-state index is 13.0. The Kier molecular flexibility index (Phi) is 7.25. The van der Waals surface area contributed by atoms with Crippen molar-refractivity contribution in [2.24, 2.45) is 0 Å². The molecule has 0 saturated heterocycles. The molecule has 2 aromatic heterocycles. The van der Waals surface area contributed by atoms with Gasteiger partial charge in [0.1, 0.15) is 5.82 Å². The Morgan fingerprint density at radius 1 is 0.882 bits per heavy atom. The number of rotatable bonds is 9. The van der Waals surface area contributed by atoms with Crippen molar-refractivity contribution in [3.63, 3.8) is 0 Å². The van der Waals surface area contributed by atoms with Crippen molar-refractivity contribution in [1.82, 2.24) is 15.3 Å². The van der Waals surface area contributed by atoms with Crippen LogP contribution >= 0.6 is 0 Å². The Labute approximate surface area is 197 Å². The number of benzene rings is 2. The number of carboxylic acids is 1. The van der Waals surface area contributed by atoms with E-state index in [-0.39, 0.29) is 11.5 Å². The molecule has 2 heterocycles. The van der Waals surface area contributed by atoms with Gasteiger partial charge in [-0.05, 0) is 47.9 Å². The van der Waals surface area contributed by atoms with E-state index < -0.39 is 5.97 Å². The van der Waals surface area contributed by atoms with Crippen LogP contribution in [-0.4, -0.2) is 33.5 Å². The van der Waals surface area contributed by atoms with Crippen LogP contribution in [0.15, 0.2) is 91.3 Å². The van der Waals surface area contributed by atoms with Crippen molar-refractivity contribution >= 4 is 17.7 Å². The monoisotopic (exact) mass is 452 g/mol. The second-order valence-corrected chi connectivity index (χ2v) is 7.68. The van der Waals surface area contributed by atoms with Gasteiger partial charge in [0, 0.05) is 31.0 Å². The predicted octanol–water partition coefficient (Wildman–Crippen LogP) is 4.43. The SMILES string of the molecule is O=C(O)c1cccc(CCNc2nc(-c3ccccc3)ccc2C(=O)NCc2cccnc2)c1. The first-order valence-corrected chi connectivity index (χ1v) is 10.9. The molecule has 1 amide bonds. The normalized spacial score (nSPS) is 10.5. The van der Waals surface area contributed by atoms with Crippen LogP contribution in [0.5, 0.6) is 0 Å². The van der Waals surface area contributed by atoms with Crippen LogP contribution in [-0.2, 0) is 13.0 Å². The number of amides is 1. The molecule has 7 heteroatoms. The van der Waals surface area contributed by atoms with Gasteiger partial charge in [-0.1, -0.05) is 48.5 Å². The van der Waals surface area contributed by atoms with Gasteiger partial charge in [-0.25, -0.2) is 9.78 Å². The molecule has 4 rings (SSSR count). The molecule has 3 N–H and O–H groups in total. The molecule has 7 nitrogen and oxygen atoms in total. The number of nitrogens with zero attached hydrogens (tertiary/aromatic N) is 2. The third-order valence-electron chi connectivity index (χ3n) is 5.27. The predicted molar refractivity (Wildman–Crippen MR) is 131 cm³/mol. The quantitative estimate of drug-likeness (QED) is 0.347. The molecule has 0 unspecified atom stereocenters. The zero-order valence-corrected chi connectivity index (χ0v) is 18.4. The van der Waals surface area contributed by atoms with Crippen LogP contribution in [0.1, 0.15) is 31.8 Å². The summed E-state index contributed by atoms with van der Waals surface area (Å²) in [5.74, 6) is -0.731. The molecule has 0 aliphatic heterocycles. The third-order valence-corrected chi connectivity index (χ3v) is 5.27. The molecule has 0 radical (unpaired) electrons. The summed E-state index contributed by atoms with van der Waals surface area (Å²) < 4.78 is 0. The molecular weight excluding hydrogens is 428 g/mol. The minimum Gasteiger partial charge on any atom is -0.478 e. The summed E-state index contributed by atoms with van der Waals surface area (Å²) in [5.41, 5.74) is 4.16. The lowest BCUT2D eigenvalue weighted by molar-refractivity contribution is 0.0696. The molecule has 0 spiro atoms. The smallest absolute Gasteiger partial charge is 0.335 e. The van der Waals surface area contributed by atoms with Crippen molar-refractivity contribution in [3.05, 3.63) is 114 Å². The maximum absolute atomic E-state index is 13.0. The highest BCUT2D eigenvalue weighted by atomic mass is 16.4. The summed E-state index contributed by atoms with van der Waals surface area (Å²) in [7, 11) is 0. The Hall–Kier alpha value is -4.52.